The maximum atomic E-state index is 12.8. The number of rotatable bonds is 5. The molecule has 1 atom stereocenters. The predicted octanol–water partition coefficient (Wildman–Crippen LogP) is 3.83. The Morgan fingerprint density at radius 1 is 1.26 bits per heavy atom. The normalized spacial score (nSPS) is 15.1. The van der Waals surface area contributed by atoms with Crippen LogP contribution in [0.15, 0.2) is 18.2 Å². The third kappa shape index (κ3) is 4.13. The second-order valence-electron chi connectivity index (χ2n) is 5.20. The quantitative estimate of drug-likeness (QED) is 0.856. The van der Waals surface area contributed by atoms with Crippen LogP contribution in [0.25, 0.3) is 0 Å². The summed E-state index contributed by atoms with van der Waals surface area (Å²) in [6.45, 7) is 5.69. The molecule has 0 fully saturated rings. The van der Waals surface area contributed by atoms with Gasteiger partial charge in [0.05, 0.1) is 12.2 Å². The monoisotopic (exact) mass is 275 g/mol. The number of alkyl halides is 3. The van der Waals surface area contributed by atoms with E-state index in [2.05, 4.69) is 5.32 Å². The van der Waals surface area contributed by atoms with Crippen LogP contribution in [0.1, 0.15) is 31.4 Å². The van der Waals surface area contributed by atoms with Crippen LogP contribution >= 0.6 is 0 Å². The maximum absolute atomic E-state index is 12.8. The first-order valence-corrected chi connectivity index (χ1v) is 6.24. The summed E-state index contributed by atoms with van der Waals surface area (Å²) in [5.41, 5.74) is -0.326. The highest BCUT2D eigenvalue weighted by atomic mass is 19.4. The molecular formula is C14H20F3NO. The van der Waals surface area contributed by atoms with E-state index in [0.29, 0.717) is 12.2 Å². The lowest BCUT2D eigenvalue weighted by Gasteiger charge is -2.26. The highest BCUT2D eigenvalue weighted by Gasteiger charge is 2.32. The van der Waals surface area contributed by atoms with Gasteiger partial charge in [0.15, 0.2) is 0 Å². The van der Waals surface area contributed by atoms with Gasteiger partial charge in [-0.05, 0) is 31.0 Å². The molecule has 1 aromatic carbocycles. The lowest BCUT2D eigenvalue weighted by atomic mass is 9.88. The molecule has 0 aliphatic rings. The molecule has 5 heteroatoms. The number of hydrogen-bond acceptors (Lipinski definition) is 2. The number of aryl methyl sites for hydroxylation is 1. The molecule has 0 aromatic heterocycles. The minimum absolute atomic E-state index is 0.00547. The van der Waals surface area contributed by atoms with E-state index in [4.69, 9.17) is 0 Å². The Morgan fingerprint density at radius 3 is 2.37 bits per heavy atom. The maximum Gasteiger partial charge on any atom is 0.416 e. The van der Waals surface area contributed by atoms with Crippen LogP contribution in [0.3, 0.4) is 0 Å². The van der Waals surface area contributed by atoms with Crippen molar-refractivity contribution < 1.29 is 18.3 Å². The van der Waals surface area contributed by atoms with E-state index in [-0.39, 0.29) is 17.6 Å². The molecule has 0 heterocycles. The second-order valence-corrected chi connectivity index (χ2v) is 5.20. The zero-order valence-corrected chi connectivity index (χ0v) is 11.4. The number of aliphatic hydroxyl groups is 1. The topological polar surface area (TPSA) is 32.3 Å². The van der Waals surface area contributed by atoms with Gasteiger partial charge in [0.25, 0.3) is 0 Å². The van der Waals surface area contributed by atoms with Crippen molar-refractivity contribution in [3.63, 3.8) is 0 Å². The molecule has 1 aromatic rings. The van der Waals surface area contributed by atoms with E-state index < -0.39 is 11.7 Å². The average molecular weight is 275 g/mol. The van der Waals surface area contributed by atoms with Crippen molar-refractivity contribution in [2.75, 3.05) is 18.5 Å². The van der Waals surface area contributed by atoms with Crippen LogP contribution in [0.5, 0.6) is 0 Å². The van der Waals surface area contributed by atoms with Gasteiger partial charge in [-0.2, -0.15) is 13.2 Å². The molecule has 108 valence electrons. The van der Waals surface area contributed by atoms with Crippen LogP contribution in [0.4, 0.5) is 18.9 Å². The fourth-order valence-corrected chi connectivity index (χ4v) is 1.65. The fraction of sp³-hybridized carbons (Fsp3) is 0.571. The first kappa shape index (κ1) is 15.8. The van der Waals surface area contributed by atoms with Crippen LogP contribution < -0.4 is 5.32 Å². The van der Waals surface area contributed by atoms with Crippen molar-refractivity contribution in [1.82, 2.24) is 0 Å². The van der Waals surface area contributed by atoms with Gasteiger partial charge < -0.3 is 10.4 Å². The molecule has 1 unspecified atom stereocenters. The fourth-order valence-electron chi connectivity index (χ4n) is 1.65. The zero-order valence-electron chi connectivity index (χ0n) is 11.4. The Hall–Kier alpha value is -1.23. The molecule has 0 saturated carbocycles. The zero-order chi connectivity index (χ0) is 14.7. The standard InChI is InChI=1S/C14H20F3NO/c1-4-13(3,9-19)8-18-11-6-5-10(2)12(7-11)14(15,16)17/h5-7,18-19H,4,8-9H2,1-3H3. The van der Waals surface area contributed by atoms with Crippen LogP contribution in [-0.2, 0) is 6.18 Å². The summed E-state index contributed by atoms with van der Waals surface area (Å²) >= 11 is 0. The Kier molecular flexibility index (Phi) is 4.85. The third-order valence-electron chi connectivity index (χ3n) is 3.50. The smallest absolute Gasteiger partial charge is 0.396 e. The summed E-state index contributed by atoms with van der Waals surface area (Å²) < 4.78 is 38.3. The first-order chi connectivity index (χ1) is 8.72. The minimum atomic E-state index is -4.34. The Morgan fingerprint density at radius 2 is 1.89 bits per heavy atom. The van der Waals surface area contributed by atoms with E-state index in [0.717, 1.165) is 12.5 Å². The van der Waals surface area contributed by atoms with Gasteiger partial charge in [0.1, 0.15) is 0 Å². The number of nitrogens with one attached hydrogen (secondary N) is 1. The van der Waals surface area contributed by atoms with E-state index in [1.165, 1.54) is 13.0 Å². The second kappa shape index (κ2) is 5.82. The summed E-state index contributed by atoms with van der Waals surface area (Å²) in [5.74, 6) is 0. The first-order valence-electron chi connectivity index (χ1n) is 6.24. The average Bonchev–Trinajstić information content (AvgIpc) is 2.36. The van der Waals surface area contributed by atoms with Gasteiger partial charge in [-0.1, -0.05) is 19.9 Å². The summed E-state index contributed by atoms with van der Waals surface area (Å²) in [5, 5.41) is 12.2. The molecule has 0 spiro atoms. The van der Waals surface area contributed by atoms with Crippen LogP contribution in [0, 0.1) is 12.3 Å². The summed E-state index contributed by atoms with van der Waals surface area (Å²) in [7, 11) is 0. The Labute approximate surface area is 111 Å². The molecule has 0 saturated heterocycles. The van der Waals surface area contributed by atoms with Gasteiger partial charge >= 0.3 is 6.18 Å². The van der Waals surface area contributed by atoms with Gasteiger partial charge in [-0.15, -0.1) is 0 Å². The molecule has 2 nitrogen and oxygen atoms in total. The van der Waals surface area contributed by atoms with E-state index in [1.807, 2.05) is 13.8 Å². The van der Waals surface area contributed by atoms with Crippen molar-refractivity contribution in [2.24, 2.45) is 5.41 Å². The van der Waals surface area contributed by atoms with Gasteiger partial charge in [-0.25, -0.2) is 0 Å². The SMILES string of the molecule is CCC(C)(CO)CNc1ccc(C)c(C(F)(F)F)c1. The number of anilines is 1. The molecule has 2 N–H and O–H groups in total. The van der Waals surface area contributed by atoms with Gasteiger partial charge in [0, 0.05) is 17.6 Å². The van der Waals surface area contributed by atoms with E-state index in [9.17, 15) is 18.3 Å². The van der Waals surface area contributed by atoms with Crippen molar-refractivity contribution in [1.29, 1.82) is 0 Å². The summed E-state index contributed by atoms with van der Waals surface area (Å²) in [6.07, 6.45) is -3.60. The molecule has 0 aliphatic carbocycles. The Bertz CT molecular complexity index is 425. The predicted molar refractivity (Wildman–Crippen MR) is 70.2 cm³/mol. The van der Waals surface area contributed by atoms with Crippen LogP contribution in [0.2, 0.25) is 0 Å². The largest absolute Gasteiger partial charge is 0.416 e. The van der Waals surface area contributed by atoms with Crippen LogP contribution in [-0.4, -0.2) is 18.3 Å². The van der Waals surface area contributed by atoms with E-state index in [1.54, 1.807) is 6.07 Å². The minimum Gasteiger partial charge on any atom is -0.396 e. The number of benzene rings is 1. The molecular weight excluding hydrogens is 255 g/mol. The summed E-state index contributed by atoms with van der Waals surface area (Å²) in [6, 6.07) is 4.19. The number of halogens is 3. The molecule has 0 aliphatic heterocycles. The molecule has 0 radical (unpaired) electrons. The summed E-state index contributed by atoms with van der Waals surface area (Å²) in [4.78, 5) is 0. The highest BCUT2D eigenvalue weighted by molar-refractivity contribution is 5.49. The van der Waals surface area contributed by atoms with Gasteiger partial charge in [-0.3, -0.25) is 0 Å². The molecule has 1 rings (SSSR count). The van der Waals surface area contributed by atoms with Crippen molar-refractivity contribution in [3.05, 3.63) is 29.3 Å². The molecule has 19 heavy (non-hydrogen) atoms. The van der Waals surface area contributed by atoms with E-state index >= 15 is 0 Å². The third-order valence-corrected chi connectivity index (χ3v) is 3.50. The lowest BCUT2D eigenvalue weighted by molar-refractivity contribution is -0.138. The molecule has 0 bridgehead atoms. The molecule has 0 amide bonds. The highest BCUT2D eigenvalue weighted by Crippen LogP contribution is 2.33. The van der Waals surface area contributed by atoms with Crippen molar-refractivity contribution in [2.45, 2.75) is 33.4 Å². The lowest BCUT2D eigenvalue weighted by Crippen LogP contribution is -2.29. The van der Waals surface area contributed by atoms with Crippen molar-refractivity contribution in [3.8, 4) is 0 Å². The van der Waals surface area contributed by atoms with Gasteiger partial charge in [0.2, 0.25) is 0 Å². The number of hydrogen-bond donors (Lipinski definition) is 2. The Balaban J connectivity index is 2.87. The number of aliphatic hydroxyl groups excluding tert-OH is 1. The van der Waals surface area contributed by atoms with Crippen molar-refractivity contribution >= 4 is 5.69 Å².